The Morgan fingerprint density at radius 1 is 1.35 bits per heavy atom. The molecule has 3 N–H and O–H groups in total. The number of hydrogen-bond donors (Lipinski definition) is 2. The lowest BCUT2D eigenvalue weighted by molar-refractivity contribution is 0.100. The lowest BCUT2D eigenvalue weighted by Crippen LogP contribution is -2.17. The molecule has 0 bridgehead atoms. The smallest absolute Gasteiger partial charge is 0.254 e. The van der Waals surface area contributed by atoms with Crippen LogP contribution in [0.3, 0.4) is 0 Å². The Morgan fingerprint density at radius 2 is 2.15 bits per heavy atom. The summed E-state index contributed by atoms with van der Waals surface area (Å²) in [5, 5.41) is 3.77. The third-order valence-electron chi connectivity index (χ3n) is 2.62. The van der Waals surface area contributed by atoms with Crippen LogP contribution in [0.15, 0.2) is 30.5 Å². The number of nitrogens with zero attached hydrogens (tertiary/aromatic N) is 2. The second-order valence-electron chi connectivity index (χ2n) is 4.07. The van der Waals surface area contributed by atoms with E-state index in [0.29, 0.717) is 17.4 Å². The Balaban J connectivity index is 2.04. The van der Waals surface area contributed by atoms with Gasteiger partial charge in [0.15, 0.2) is 0 Å². The van der Waals surface area contributed by atoms with Crippen LogP contribution in [0.4, 0.5) is 5.82 Å². The predicted octanol–water partition coefficient (Wildman–Crippen LogP) is 2.54. The number of nitrogens with one attached hydrogen (secondary N) is 1. The number of halogens is 2. The minimum atomic E-state index is -0.605. The first-order chi connectivity index (χ1) is 9.56. The van der Waals surface area contributed by atoms with Gasteiger partial charge in [-0.3, -0.25) is 4.79 Å². The summed E-state index contributed by atoms with van der Waals surface area (Å²) in [7, 11) is 0. The van der Waals surface area contributed by atoms with Crippen molar-refractivity contribution in [3.8, 4) is 0 Å². The molecule has 1 heterocycles. The number of amides is 1. The Morgan fingerprint density at radius 3 is 2.85 bits per heavy atom. The molecule has 1 aromatic heterocycles. The molecule has 7 heteroatoms. The number of benzene rings is 1. The van der Waals surface area contributed by atoms with Crippen LogP contribution in [0.5, 0.6) is 0 Å². The molecule has 0 spiro atoms. The normalized spacial score (nSPS) is 10.3. The minimum Gasteiger partial charge on any atom is -0.369 e. The van der Waals surface area contributed by atoms with Gasteiger partial charge in [-0.05, 0) is 35.7 Å². The van der Waals surface area contributed by atoms with Gasteiger partial charge in [-0.1, -0.05) is 23.7 Å². The van der Waals surface area contributed by atoms with Gasteiger partial charge in [-0.15, -0.1) is 0 Å². The zero-order chi connectivity index (χ0) is 14.5. The van der Waals surface area contributed by atoms with E-state index in [0.717, 1.165) is 12.0 Å². The molecule has 0 radical (unpaired) electrons. The van der Waals surface area contributed by atoms with Crippen molar-refractivity contribution in [3.63, 3.8) is 0 Å². The molecule has 5 nitrogen and oxygen atoms in total. The van der Waals surface area contributed by atoms with E-state index in [-0.39, 0.29) is 10.8 Å². The maximum absolute atomic E-state index is 11.3. The van der Waals surface area contributed by atoms with Gasteiger partial charge in [-0.25, -0.2) is 4.98 Å². The largest absolute Gasteiger partial charge is 0.369 e. The fraction of sp³-hybridized carbons (Fsp3) is 0.154. The van der Waals surface area contributed by atoms with Crippen molar-refractivity contribution in [3.05, 3.63) is 51.9 Å². The van der Waals surface area contributed by atoms with Gasteiger partial charge in [0.25, 0.3) is 5.91 Å². The number of carbonyl (C=O) groups is 1. The lowest BCUT2D eigenvalue weighted by atomic mass is 10.1. The highest BCUT2D eigenvalue weighted by molar-refractivity contribution is 6.30. The molecule has 0 unspecified atom stereocenters. The monoisotopic (exact) mass is 310 g/mol. The van der Waals surface area contributed by atoms with Crippen LogP contribution >= 0.6 is 23.2 Å². The SMILES string of the molecule is NC(=O)c1cnc(Cl)nc1NCCc1cccc(Cl)c1. The molecule has 20 heavy (non-hydrogen) atoms. The molecular weight excluding hydrogens is 299 g/mol. The molecule has 0 aliphatic heterocycles. The summed E-state index contributed by atoms with van der Waals surface area (Å²) >= 11 is 11.6. The van der Waals surface area contributed by atoms with E-state index in [1.54, 1.807) is 0 Å². The van der Waals surface area contributed by atoms with E-state index in [9.17, 15) is 4.79 Å². The molecule has 2 aromatic rings. The second kappa shape index (κ2) is 6.54. The van der Waals surface area contributed by atoms with E-state index >= 15 is 0 Å². The molecule has 2 rings (SSSR count). The molecule has 0 atom stereocenters. The summed E-state index contributed by atoms with van der Waals surface area (Å²) in [5.41, 5.74) is 6.53. The zero-order valence-corrected chi connectivity index (χ0v) is 11.9. The number of aromatic nitrogens is 2. The van der Waals surface area contributed by atoms with Crippen LogP contribution in [0.25, 0.3) is 0 Å². The highest BCUT2D eigenvalue weighted by Gasteiger charge is 2.10. The Bertz CT molecular complexity index is 634. The third-order valence-corrected chi connectivity index (χ3v) is 3.04. The van der Waals surface area contributed by atoms with Crippen molar-refractivity contribution >= 4 is 34.9 Å². The average molecular weight is 311 g/mol. The average Bonchev–Trinajstić information content (AvgIpc) is 2.38. The summed E-state index contributed by atoms with van der Waals surface area (Å²) in [5.74, 6) is -0.272. The van der Waals surface area contributed by atoms with Crippen LogP contribution in [0.2, 0.25) is 10.3 Å². The van der Waals surface area contributed by atoms with Gasteiger partial charge in [0.2, 0.25) is 5.28 Å². The fourth-order valence-corrected chi connectivity index (χ4v) is 2.04. The molecule has 0 saturated carbocycles. The van der Waals surface area contributed by atoms with Gasteiger partial charge < -0.3 is 11.1 Å². The van der Waals surface area contributed by atoms with Gasteiger partial charge >= 0.3 is 0 Å². The summed E-state index contributed by atoms with van der Waals surface area (Å²) < 4.78 is 0. The zero-order valence-electron chi connectivity index (χ0n) is 10.4. The number of primary amides is 1. The van der Waals surface area contributed by atoms with Crippen molar-refractivity contribution in [2.45, 2.75) is 6.42 Å². The van der Waals surface area contributed by atoms with Crippen LogP contribution in [0, 0.1) is 0 Å². The van der Waals surface area contributed by atoms with E-state index in [2.05, 4.69) is 15.3 Å². The topological polar surface area (TPSA) is 80.9 Å². The van der Waals surface area contributed by atoms with Crippen LogP contribution < -0.4 is 11.1 Å². The van der Waals surface area contributed by atoms with Crippen LogP contribution in [-0.2, 0) is 6.42 Å². The van der Waals surface area contributed by atoms with E-state index in [4.69, 9.17) is 28.9 Å². The molecule has 0 saturated heterocycles. The van der Waals surface area contributed by atoms with Crippen molar-refractivity contribution in [1.82, 2.24) is 9.97 Å². The number of rotatable bonds is 5. The van der Waals surface area contributed by atoms with Gasteiger partial charge in [0.1, 0.15) is 5.82 Å². The van der Waals surface area contributed by atoms with Crippen molar-refractivity contribution in [2.24, 2.45) is 5.73 Å². The van der Waals surface area contributed by atoms with Crippen molar-refractivity contribution in [2.75, 3.05) is 11.9 Å². The Labute approximate surface area is 126 Å². The quantitative estimate of drug-likeness (QED) is 0.832. The van der Waals surface area contributed by atoms with E-state index in [1.807, 2.05) is 24.3 Å². The maximum Gasteiger partial charge on any atom is 0.254 e. The standard InChI is InChI=1S/C13H12Cl2N4O/c14-9-3-1-2-8(6-9)4-5-17-12-10(11(16)20)7-18-13(15)19-12/h1-3,6-7H,4-5H2,(H2,16,20)(H,17,18,19). The van der Waals surface area contributed by atoms with E-state index < -0.39 is 5.91 Å². The van der Waals surface area contributed by atoms with Gasteiger partial charge in [0, 0.05) is 17.8 Å². The predicted molar refractivity (Wildman–Crippen MR) is 79.2 cm³/mol. The van der Waals surface area contributed by atoms with Gasteiger partial charge in [-0.2, -0.15) is 4.98 Å². The van der Waals surface area contributed by atoms with Crippen molar-refractivity contribution in [1.29, 1.82) is 0 Å². The number of hydrogen-bond acceptors (Lipinski definition) is 4. The maximum atomic E-state index is 11.3. The molecule has 104 valence electrons. The molecule has 0 fully saturated rings. The van der Waals surface area contributed by atoms with Crippen LogP contribution in [-0.4, -0.2) is 22.4 Å². The van der Waals surface area contributed by atoms with Gasteiger partial charge in [0.05, 0.1) is 5.56 Å². The molecule has 0 aliphatic carbocycles. The first-order valence-corrected chi connectivity index (χ1v) is 6.62. The number of anilines is 1. The Hall–Kier alpha value is -1.85. The highest BCUT2D eigenvalue weighted by Crippen LogP contribution is 2.15. The highest BCUT2D eigenvalue weighted by atomic mass is 35.5. The summed E-state index contributed by atoms with van der Waals surface area (Å²) in [4.78, 5) is 18.9. The summed E-state index contributed by atoms with van der Waals surface area (Å²) in [6, 6.07) is 7.54. The number of carbonyl (C=O) groups excluding carboxylic acids is 1. The summed E-state index contributed by atoms with van der Waals surface area (Å²) in [6.45, 7) is 0.563. The summed E-state index contributed by atoms with van der Waals surface area (Å²) in [6.07, 6.45) is 2.03. The molecule has 1 aromatic carbocycles. The first kappa shape index (κ1) is 14.6. The van der Waals surface area contributed by atoms with Crippen LogP contribution in [0.1, 0.15) is 15.9 Å². The number of nitrogens with two attached hydrogens (primary N) is 1. The fourth-order valence-electron chi connectivity index (χ4n) is 1.69. The molecule has 0 aliphatic rings. The first-order valence-electron chi connectivity index (χ1n) is 5.87. The van der Waals surface area contributed by atoms with E-state index in [1.165, 1.54) is 6.20 Å². The third kappa shape index (κ3) is 3.82. The Kier molecular flexibility index (Phi) is 4.76. The molecular formula is C13H12Cl2N4O. The minimum absolute atomic E-state index is 0.0558. The lowest BCUT2D eigenvalue weighted by Gasteiger charge is -2.09. The second-order valence-corrected chi connectivity index (χ2v) is 4.85. The molecule has 1 amide bonds. The van der Waals surface area contributed by atoms with Crippen molar-refractivity contribution < 1.29 is 4.79 Å².